The summed E-state index contributed by atoms with van der Waals surface area (Å²) >= 11 is 3.32. The van der Waals surface area contributed by atoms with E-state index in [1.807, 2.05) is 31.2 Å². The highest BCUT2D eigenvalue weighted by atomic mass is 79.9. The molecule has 0 atom stereocenters. The van der Waals surface area contributed by atoms with Crippen molar-refractivity contribution in [2.24, 2.45) is 5.10 Å². The van der Waals surface area contributed by atoms with Gasteiger partial charge in [0.25, 0.3) is 0 Å². The summed E-state index contributed by atoms with van der Waals surface area (Å²) in [6, 6.07) is 7.40. The molecule has 0 heterocycles. The third kappa shape index (κ3) is 5.09. The van der Waals surface area contributed by atoms with E-state index in [2.05, 4.69) is 31.8 Å². The molecule has 0 saturated heterocycles. The Morgan fingerprint density at radius 1 is 1.39 bits per heavy atom. The summed E-state index contributed by atoms with van der Waals surface area (Å²) in [5.41, 5.74) is 2.98. The average Bonchev–Trinajstić information content (AvgIpc) is 2.35. The fourth-order valence-corrected chi connectivity index (χ4v) is 1.54. The van der Waals surface area contributed by atoms with E-state index >= 15 is 0 Å². The number of amides is 2. The summed E-state index contributed by atoms with van der Waals surface area (Å²) in [5, 5.41) is 6.16. The van der Waals surface area contributed by atoms with Crippen LogP contribution < -0.4 is 10.7 Å². The maximum Gasteiger partial charge on any atom is 0.329 e. The van der Waals surface area contributed by atoms with E-state index in [1.54, 1.807) is 0 Å². The van der Waals surface area contributed by atoms with Crippen molar-refractivity contribution in [2.45, 2.75) is 13.3 Å². The number of carbonyl (C=O) groups excluding carboxylic acids is 2. The normalized spacial score (nSPS) is 10.3. The molecule has 96 valence electrons. The molecule has 0 fully saturated rings. The average molecular weight is 312 g/mol. The third-order valence-electron chi connectivity index (χ3n) is 1.97. The van der Waals surface area contributed by atoms with Crippen molar-refractivity contribution in [2.75, 3.05) is 6.54 Å². The van der Waals surface area contributed by atoms with Gasteiger partial charge in [0.15, 0.2) is 0 Å². The third-order valence-corrected chi connectivity index (χ3v) is 2.46. The first-order valence-electron chi connectivity index (χ1n) is 5.50. The maximum atomic E-state index is 11.3. The van der Waals surface area contributed by atoms with Crippen LogP contribution in [0.2, 0.25) is 0 Å². The van der Waals surface area contributed by atoms with Gasteiger partial charge in [0.1, 0.15) is 0 Å². The second-order valence-corrected chi connectivity index (χ2v) is 4.43. The molecule has 0 spiro atoms. The van der Waals surface area contributed by atoms with Gasteiger partial charge in [-0.3, -0.25) is 9.59 Å². The van der Waals surface area contributed by atoms with Gasteiger partial charge in [-0.1, -0.05) is 35.0 Å². The van der Waals surface area contributed by atoms with Crippen LogP contribution in [0.25, 0.3) is 0 Å². The molecule has 2 amide bonds. The van der Waals surface area contributed by atoms with E-state index in [0.717, 1.165) is 16.5 Å². The molecule has 6 heteroatoms. The van der Waals surface area contributed by atoms with E-state index in [9.17, 15) is 9.59 Å². The molecular formula is C12H14BrN3O2. The van der Waals surface area contributed by atoms with Crippen molar-refractivity contribution in [3.63, 3.8) is 0 Å². The zero-order chi connectivity index (χ0) is 13.4. The SMILES string of the molecule is CCCNC(=O)C(=O)N/N=C\c1cccc(Br)c1. The van der Waals surface area contributed by atoms with Crippen molar-refractivity contribution >= 4 is 34.0 Å². The molecular weight excluding hydrogens is 298 g/mol. The maximum absolute atomic E-state index is 11.3. The number of hydrogen-bond donors (Lipinski definition) is 2. The van der Waals surface area contributed by atoms with Gasteiger partial charge in [-0.15, -0.1) is 0 Å². The summed E-state index contributed by atoms with van der Waals surface area (Å²) in [5.74, 6) is -1.45. The topological polar surface area (TPSA) is 70.6 Å². The van der Waals surface area contributed by atoms with E-state index in [1.165, 1.54) is 6.21 Å². The molecule has 0 aromatic heterocycles. The number of nitrogens with zero attached hydrogens (tertiary/aromatic N) is 1. The molecule has 0 saturated carbocycles. The standard InChI is InChI=1S/C12H14BrN3O2/c1-2-6-14-11(17)12(18)16-15-8-9-4-3-5-10(13)7-9/h3-5,7-8H,2,6H2,1H3,(H,14,17)(H,16,18)/b15-8-. The van der Waals surface area contributed by atoms with Crippen LogP contribution in [0.15, 0.2) is 33.8 Å². The minimum Gasteiger partial charge on any atom is -0.348 e. The van der Waals surface area contributed by atoms with E-state index in [-0.39, 0.29) is 0 Å². The molecule has 0 bridgehead atoms. The van der Waals surface area contributed by atoms with Crippen LogP contribution >= 0.6 is 15.9 Å². The highest BCUT2D eigenvalue weighted by Crippen LogP contribution is 2.09. The van der Waals surface area contributed by atoms with E-state index in [4.69, 9.17) is 0 Å². The van der Waals surface area contributed by atoms with Gasteiger partial charge in [0.2, 0.25) is 0 Å². The van der Waals surface area contributed by atoms with Crippen molar-refractivity contribution in [1.29, 1.82) is 0 Å². The summed E-state index contributed by atoms with van der Waals surface area (Å²) in [6.45, 7) is 2.38. The molecule has 1 aromatic rings. The number of hydrogen-bond acceptors (Lipinski definition) is 3. The predicted molar refractivity (Wildman–Crippen MR) is 73.2 cm³/mol. The summed E-state index contributed by atoms with van der Waals surface area (Å²) in [7, 11) is 0. The number of nitrogens with one attached hydrogen (secondary N) is 2. The van der Waals surface area contributed by atoms with Gasteiger partial charge in [0.05, 0.1) is 6.21 Å². The number of carbonyl (C=O) groups is 2. The highest BCUT2D eigenvalue weighted by molar-refractivity contribution is 9.10. The molecule has 18 heavy (non-hydrogen) atoms. The molecule has 0 aliphatic carbocycles. The quantitative estimate of drug-likeness (QED) is 0.501. The zero-order valence-electron chi connectivity index (χ0n) is 9.94. The lowest BCUT2D eigenvalue weighted by atomic mass is 10.2. The minimum atomic E-state index is -0.769. The largest absolute Gasteiger partial charge is 0.348 e. The number of halogens is 1. The van der Waals surface area contributed by atoms with Crippen LogP contribution in [-0.4, -0.2) is 24.6 Å². The Kier molecular flexibility index (Phi) is 6.07. The van der Waals surface area contributed by atoms with Crippen LogP contribution in [0.4, 0.5) is 0 Å². The first-order chi connectivity index (χ1) is 8.63. The lowest BCUT2D eigenvalue weighted by molar-refractivity contribution is -0.139. The van der Waals surface area contributed by atoms with Crippen LogP contribution in [-0.2, 0) is 9.59 Å². The Labute approximate surface area is 114 Å². The van der Waals surface area contributed by atoms with Crippen LogP contribution in [0, 0.1) is 0 Å². The molecule has 0 unspecified atom stereocenters. The van der Waals surface area contributed by atoms with Crippen LogP contribution in [0.3, 0.4) is 0 Å². The monoisotopic (exact) mass is 311 g/mol. The van der Waals surface area contributed by atoms with Crippen molar-refractivity contribution in [3.05, 3.63) is 34.3 Å². The summed E-state index contributed by atoms with van der Waals surface area (Å²) < 4.78 is 0.915. The number of hydrazone groups is 1. The Hall–Kier alpha value is -1.69. The lowest BCUT2D eigenvalue weighted by Gasteiger charge is -2.01. The Balaban J connectivity index is 2.45. The molecule has 1 aromatic carbocycles. The smallest absolute Gasteiger partial charge is 0.329 e. The summed E-state index contributed by atoms with van der Waals surface area (Å²) in [4.78, 5) is 22.5. The zero-order valence-corrected chi connectivity index (χ0v) is 11.5. The molecule has 0 aliphatic rings. The van der Waals surface area contributed by atoms with Gasteiger partial charge >= 0.3 is 11.8 Å². The molecule has 0 aliphatic heterocycles. The summed E-state index contributed by atoms with van der Waals surface area (Å²) in [6.07, 6.45) is 2.25. The fraction of sp³-hybridized carbons (Fsp3) is 0.250. The van der Waals surface area contributed by atoms with Gasteiger partial charge in [-0.2, -0.15) is 5.10 Å². The molecule has 2 N–H and O–H groups in total. The van der Waals surface area contributed by atoms with Gasteiger partial charge in [0, 0.05) is 11.0 Å². The Morgan fingerprint density at radius 3 is 2.83 bits per heavy atom. The first kappa shape index (κ1) is 14.4. The van der Waals surface area contributed by atoms with E-state index in [0.29, 0.717) is 6.54 Å². The van der Waals surface area contributed by atoms with E-state index < -0.39 is 11.8 Å². The Morgan fingerprint density at radius 2 is 2.17 bits per heavy atom. The van der Waals surface area contributed by atoms with Gasteiger partial charge in [-0.05, 0) is 24.1 Å². The van der Waals surface area contributed by atoms with Gasteiger partial charge < -0.3 is 5.32 Å². The van der Waals surface area contributed by atoms with Crippen molar-refractivity contribution in [3.8, 4) is 0 Å². The molecule has 5 nitrogen and oxygen atoms in total. The minimum absolute atomic E-state index is 0.474. The fourth-order valence-electron chi connectivity index (χ4n) is 1.12. The predicted octanol–water partition coefficient (Wildman–Crippen LogP) is 1.43. The second-order valence-electron chi connectivity index (χ2n) is 3.51. The van der Waals surface area contributed by atoms with Crippen LogP contribution in [0.5, 0.6) is 0 Å². The number of rotatable bonds is 4. The first-order valence-corrected chi connectivity index (χ1v) is 6.29. The van der Waals surface area contributed by atoms with Gasteiger partial charge in [-0.25, -0.2) is 5.43 Å². The second kappa shape index (κ2) is 7.60. The molecule has 0 radical (unpaired) electrons. The van der Waals surface area contributed by atoms with Crippen LogP contribution in [0.1, 0.15) is 18.9 Å². The lowest BCUT2D eigenvalue weighted by Crippen LogP contribution is -2.38. The molecule has 1 rings (SSSR count). The number of benzene rings is 1. The Bertz CT molecular complexity index is 460. The van der Waals surface area contributed by atoms with Crippen molar-refractivity contribution in [1.82, 2.24) is 10.7 Å². The highest BCUT2D eigenvalue weighted by Gasteiger charge is 2.10. The van der Waals surface area contributed by atoms with Crippen molar-refractivity contribution < 1.29 is 9.59 Å².